The van der Waals surface area contributed by atoms with Crippen LogP contribution in [0.2, 0.25) is 5.02 Å². The van der Waals surface area contributed by atoms with Crippen LogP contribution >= 0.6 is 11.6 Å². The number of carbonyl (C=O) groups excluding carboxylic acids is 2. The third kappa shape index (κ3) is 4.66. The summed E-state index contributed by atoms with van der Waals surface area (Å²) in [6, 6.07) is 18.9. The van der Waals surface area contributed by atoms with Gasteiger partial charge in [0.2, 0.25) is 5.91 Å². The molecule has 1 fully saturated rings. The highest BCUT2D eigenvalue weighted by atomic mass is 35.5. The molecular formula is C23H23ClN4O2. The topological polar surface area (TPSA) is 57.6 Å². The molecule has 1 aliphatic rings. The summed E-state index contributed by atoms with van der Waals surface area (Å²) < 4.78 is 1.97. The monoisotopic (exact) mass is 422 g/mol. The SMILES string of the molecule is O=C(NCC(=O)N1CCN(c2cccc(Cl)c2)CC1)c1ccc(-n2cccc2)cc1. The molecule has 6 nitrogen and oxygen atoms in total. The lowest BCUT2D eigenvalue weighted by atomic mass is 10.2. The molecular weight excluding hydrogens is 400 g/mol. The molecule has 1 aromatic heterocycles. The van der Waals surface area contributed by atoms with Crippen LogP contribution in [0.15, 0.2) is 73.1 Å². The maximum absolute atomic E-state index is 12.5. The first kappa shape index (κ1) is 20.0. The van der Waals surface area contributed by atoms with Crippen molar-refractivity contribution in [3.05, 3.63) is 83.6 Å². The van der Waals surface area contributed by atoms with Crippen LogP contribution in [0.3, 0.4) is 0 Å². The van der Waals surface area contributed by atoms with E-state index in [4.69, 9.17) is 11.6 Å². The number of anilines is 1. The van der Waals surface area contributed by atoms with Gasteiger partial charge >= 0.3 is 0 Å². The van der Waals surface area contributed by atoms with E-state index in [1.807, 2.05) is 65.5 Å². The average molecular weight is 423 g/mol. The van der Waals surface area contributed by atoms with Crippen LogP contribution in [0, 0.1) is 0 Å². The Morgan fingerprint density at radius 3 is 2.23 bits per heavy atom. The van der Waals surface area contributed by atoms with Crippen LogP contribution < -0.4 is 10.2 Å². The fourth-order valence-corrected chi connectivity index (χ4v) is 3.73. The van der Waals surface area contributed by atoms with Crippen molar-refractivity contribution >= 4 is 29.1 Å². The van der Waals surface area contributed by atoms with Crippen molar-refractivity contribution in [1.29, 1.82) is 0 Å². The molecule has 0 spiro atoms. The van der Waals surface area contributed by atoms with Gasteiger partial charge in [-0.15, -0.1) is 0 Å². The maximum Gasteiger partial charge on any atom is 0.251 e. The van der Waals surface area contributed by atoms with E-state index in [1.54, 1.807) is 17.0 Å². The van der Waals surface area contributed by atoms with Crippen LogP contribution in [-0.4, -0.2) is 54.0 Å². The first-order chi connectivity index (χ1) is 14.6. The molecule has 4 rings (SSSR count). The Morgan fingerprint density at radius 2 is 1.57 bits per heavy atom. The van der Waals surface area contributed by atoms with E-state index in [2.05, 4.69) is 10.2 Å². The van der Waals surface area contributed by atoms with E-state index in [0.29, 0.717) is 23.7 Å². The average Bonchev–Trinajstić information content (AvgIpc) is 3.32. The van der Waals surface area contributed by atoms with Gasteiger partial charge in [-0.1, -0.05) is 17.7 Å². The van der Waals surface area contributed by atoms with Crippen LogP contribution in [0.4, 0.5) is 5.69 Å². The highest BCUT2D eigenvalue weighted by Gasteiger charge is 2.21. The summed E-state index contributed by atoms with van der Waals surface area (Å²) in [6.07, 6.45) is 3.89. The molecule has 3 aromatic rings. The van der Waals surface area contributed by atoms with Gasteiger partial charge in [-0.25, -0.2) is 0 Å². The number of hydrogen-bond acceptors (Lipinski definition) is 3. The van der Waals surface area contributed by atoms with Gasteiger partial charge < -0.3 is 19.7 Å². The zero-order valence-corrected chi connectivity index (χ0v) is 17.3. The molecule has 2 amide bonds. The summed E-state index contributed by atoms with van der Waals surface area (Å²) in [5, 5.41) is 3.44. The van der Waals surface area contributed by atoms with Crippen molar-refractivity contribution in [2.45, 2.75) is 0 Å². The number of piperazine rings is 1. The van der Waals surface area contributed by atoms with Gasteiger partial charge in [0, 0.05) is 60.5 Å². The Balaban J connectivity index is 1.26. The molecule has 0 bridgehead atoms. The number of nitrogens with one attached hydrogen (secondary N) is 1. The molecule has 0 aliphatic carbocycles. The van der Waals surface area contributed by atoms with E-state index >= 15 is 0 Å². The highest BCUT2D eigenvalue weighted by molar-refractivity contribution is 6.30. The maximum atomic E-state index is 12.5. The van der Waals surface area contributed by atoms with Gasteiger partial charge in [-0.05, 0) is 54.6 Å². The first-order valence-corrected chi connectivity index (χ1v) is 10.3. The Kier molecular flexibility index (Phi) is 6.05. The quantitative estimate of drug-likeness (QED) is 0.687. The lowest BCUT2D eigenvalue weighted by Crippen LogP contribution is -2.51. The predicted octanol–water partition coefficient (Wildman–Crippen LogP) is 3.21. The van der Waals surface area contributed by atoms with Gasteiger partial charge in [-0.2, -0.15) is 0 Å². The molecule has 30 heavy (non-hydrogen) atoms. The zero-order valence-electron chi connectivity index (χ0n) is 16.5. The summed E-state index contributed by atoms with van der Waals surface area (Å²) in [5.41, 5.74) is 2.57. The summed E-state index contributed by atoms with van der Waals surface area (Å²) in [6.45, 7) is 2.71. The summed E-state index contributed by atoms with van der Waals surface area (Å²) >= 11 is 6.07. The first-order valence-electron chi connectivity index (χ1n) is 9.90. The summed E-state index contributed by atoms with van der Waals surface area (Å²) in [4.78, 5) is 28.9. The summed E-state index contributed by atoms with van der Waals surface area (Å²) in [5.74, 6) is -0.321. The smallest absolute Gasteiger partial charge is 0.251 e. The Labute approximate surface area is 180 Å². The predicted molar refractivity (Wildman–Crippen MR) is 118 cm³/mol. The van der Waals surface area contributed by atoms with Crippen molar-refractivity contribution in [2.75, 3.05) is 37.6 Å². The Bertz CT molecular complexity index is 1010. The number of carbonyl (C=O) groups is 2. The van der Waals surface area contributed by atoms with Crippen molar-refractivity contribution < 1.29 is 9.59 Å². The number of benzene rings is 2. The number of amides is 2. The van der Waals surface area contributed by atoms with Gasteiger partial charge in [-0.3, -0.25) is 9.59 Å². The second-order valence-electron chi connectivity index (χ2n) is 7.17. The number of aromatic nitrogens is 1. The third-order valence-electron chi connectivity index (χ3n) is 5.24. The minimum absolute atomic E-state index is 0.00461. The molecule has 1 saturated heterocycles. The van der Waals surface area contributed by atoms with Crippen LogP contribution in [0.1, 0.15) is 10.4 Å². The number of rotatable bonds is 5. The number of nitrogens with zero attached hydrogens (tertiary/aromatic N) is 3. The summed E-state index contributed by atoms with van der Waals surface area (Å²) in [7, 11) is 0. The second-order valence-corrected chi connectivity index (χ2v) is 7.60. The molecule has 7 heteroatoms. The lowest BCUT2D eigenvalue weighted by Gasteiger charge is -2.36. The molecule has 0 atom stereocenters. The highest BCUT2D eigenvalue weighted by Crippen LogP contribution is 2.20. The van der Waals surface area contributed by atoms with E-state index in [-0.39, 0.29) is 18.4 Å². The zero-order chi connectivity index (χ0) is 20.9. The van der Waals surface area contributed by atoms with E-state index in [1.165, 1.54) is 0 Å². The fraction of sp³-hybridized carbons (Fsp3) is 0.217. The molecule has 0 radical (unpaired) electrons. The molecule has 2 heterocycles. The standard InChI is InChI=1S/C23H23ClN4O2/c24-19-4-3-5-21(16-19)27-12-14-28(15-13-27)22(29)17-25-23(30)18-6-8-20(9-7-18)26-10-1-2-11-26/h1-11,16H,12-15,17H2,(H,25,30). The van der Waals surface area contributed by atoms with Gasteiger partial charge in [0.15, 0.2) is 0 Å². The molecule has 0 unspecified atom stereocenters. The molecule has 2 aromatic carbocycles. The van der Waals surface area contributed by atoms with Crippen LogP contribution in [0.5, 0.6) is 0 Å². The van der Waals surface area contributed by atoms with Crippen molar-refractivity contribution in [2.24, 2.45) is 0 Å². The van der Waals surface area contributed by atoms with Crippen LogP contribution in [0.25, 0.3) is 5.69 Å². The second kappa shape index (κ2) is 9.05. The van der Waals surface area contributed by atoms with Crippen molar-refractivity contribution in [3.8, 4) is 5.69 Å². The largest absolute Gasteiger partial charge is 0.368 e. The van der Waals surface area contributed by atoms with Gasteiger partial charge in [0.05, 0.1) is 6.54 Å². The van der Waals surface area contributed by atoms with E-state index in [0.717, 1.165) is 24.5 Å². The van der Waals surface area contributed by atoms with Gasteiger partial charge in [0.25, 0.3) is 5.91 Å². The molecule has 1 aliphatic heterocycles. The molecule has 0 saturated carbocycles. The van der Waals surface area contributed by atoms with Gasteiger partial charge in [0.1, 0.15) is 0 Å². The van der Waals surface area contributed by atoms with Crippen molar-refractivity contribution in [3.63, 3.8) is 0 Å². The minimum Gasteiger partial charge on any atom is -0.368 e. The Hall–Kier alpha value is -3.25. The fourth-order valence-electron chi connectivity index (χ4n) is 3.55. The lowest BCUT2D eigenvalue weighted by molar-refractivity contribution is -0.130. The third-order valence-corrected chi connectivity index (χ3v) is 5.47. The molecule has 1 N–H and O–H groups in total. The van der Waals surface area contributed by atoms with Crippen LogP contribution in [-0.2, 0) is 4.79 Å². The minimum atomic E-state index is -0.250. The number of hydrogen-bond donors (Lipinski definition) is 1. The van der Waals surface area contributed by atoms with Crippen molar-refractivity contribution in [1.82, 2.24) is 14.8 Å². The normalized spacial score (nSPS) is 13.9. The van der Waals surface area contributed by atoms with E-state index < -0.39 is 0 Å². The van der Waals surface area contributed by atoms with E-state index in [9.17, 15) is 9.59 Å². The Morgan fingerprint density at radius 1 is 0.867 bits per heavy atom. The molecule has 154 valence electrons. The number of halogens is 1.